The normalized spacial score (nSPS) is 21.4. The summed E-state index contributed by atoms with van der Waals surface area (Å²) in [4.78, 5) is 40.9. The number of benzene rings is 1. The first-order valence-corrected chi connectivity index (χ1v) is 9.93. The molecule has 2 aliphatic heterocycles. The molecule has 0 unspecified atom stereocenters. The van der Waals surface area contributed by atoms with Gasteiger partial charge in [0.1, 0.15) is 11.6 Å². The molecule has 0 aromatic heterocycles. The van der Waals surface area contributed by atoms with E-state index in [2.05, 4.69) is 0 Å². The second-order valence-electron chi connectivity index (χ2n) is 6.43. The fourth-order valence-electron chi connectivity index (χ4n) is 3.30. The molecule has 27 heavy (non-hydrogen) atoms. The molecule has 3 rings (SSSR count). The van der Waals surface area contributed by atoms with Gasteiger partial charge in [-0.05, 0) is 31.5 Å². The zero-order chi connectivity index (χ0) is 19.6. The van der Waals surface area contributed by atoms with Crippen molar-refractivity contribution in [1.82, 2.24) is 14.7 Å². The number of nitrogens with zero attached hydrogens (tertiary/aromatic N) is 3. The highest BCUT2D eigenvalue weighted by Gasteiger charge is 2.38. The van der Waals surface area contributed by atoms with E-state index < -0.39 is 29.5 Å². The van der Waals surface area contributed by atoms with Gasteiger partial charge >= 0.3 is 17.8 Å². The van der Waals surface area contributed by atoms with E-state index in [1.54, 1.807) is 6.92 Å². The summed E-state index contributed by atoms with van der Waals surface area (Å²) in [7, 11) is 0. The van der Waals surface area contributed by atoms with Crippen molar-refractivity contribution in [3.63, 3.8) is 0 Å². The quantitative estimate of drug-likeness (QED) is 0.719. The van der Waals surface area contributed by atoms with E-state index >= 15 is 0 Å². The molecule has 0 N–H and O–H groups in total. The van der Waals surface area contributed by atoms with Gasteiger partial charge < -0.3 is 9.80 Å². The van der Waals surface area contributed by atoms with E-state index in [1.165, 1.54) is 27.6 Å². The number of amides is 4. The zero-order valence-corrected chi connectivity index (χ0v) is 15.8. The van der Waals surface area contributed by atoms with E-state index in [4.69, 9.17) is 0 Å². The Bertz CT molecular complexity index is 761. The minimum Gasteiger partial charge on any atom is -0.333 e. The third kappa shape index (κ3) is 4.07. The second kappa shape index (κ2) is 8.24. The summed E-state index contributed by atoms with van der Waals surface area (Å²) in [5, 5.41) is -0.271. The maximum Gasteiger partial charge on any atom is 0.327 e. The molecule has 4 amide bonds. The fraction of sp³-hybridized carbons (Fsp3) is 0.500. The third-order valence-electron chi connectivity index (χ3n) is 4.84. The van der Waals surface area contributed by atoms with Crippen molar-refractivity contribution in [3.8, 4) is 0 Å². The molecule has 146 valence electrons. The van der Waals surface area contributed by atoms with Gasteiger partial charge in [-0.25, -0.2) is 13.6 Å². The molecule has 0 bridgehead atoms. The molecule has 2 aliphatic rings. The maximum atomic E-state index is 14.0. The number of piperazine rings is 1. The lowest BCUT2D eigenvalue weighted by Gasteiger charge is -2.34. The highest BCUT2D eigenvalue weighted by molar-refractivity contribution is 7.99. The topological polar surface area (TPSA) is 60.9 Å². The lowest BCUT2D eigenvalue weighted by Crippen LogP contribution is -2.58. The summed E-state index contributed by atoms with van der Waals surface area (Å²) >= 11 is 1.45. The van der Waals surface area contributed by atoms with Crippen molar-refractivity contribution in [3.05, 3.63) is 35.4 Å². The summed E-state index contributed by atoms with van der Waals surface area (Å²) in [5.41, 5.74) is 0.289. The Morgan fingerprint density at radius 2 is 1.93 bits per heavy atom. The molecule has 2 fully saturated rings. The van der Waals surface area contributed by atoms with Crippen LogP contribution in [0.2, 0.25) is 0 Å². The van der Waals surface area contributed by atoms with Crippen LogP contribution in [0.15, 0.2) is 18.2 Å². The standard InChI is InChI=1S/C18H21F2N3O3S/c1-2-21-7-8-23(17(25)16(21)24)18(26)22-6-5-15(27-10-9-22)13-11-12(19)3-4-14(13)20/h3-4,11,15H,2,5-10H2,1H3/t15-/m1/s1. The Morgan fingerprint density at radius 3 is 2.67 bits per heavy atom. The summed E-state index contributed by atoms with van der Waals surface area (Å²) in [6, 6.07) is 2.88. The molecular formula is C18H21F2N3O3S. The van der Waals surface area contributed by atoms with Gasteiger partial charge in [-0.3, -0.25) is 14.5 Å². The number of rotatable bonds is 2. The van der Waals surface area contributed by atoms with Crippen LogP contribution in [0.1, 0.15) is 24.2 Å². The Kier molecular flexibility index (Phi) is 5.98. The Morgan fingerprint density at radius 1 is 1.15 bits per heavy atom. The van der Waals surface area contributed by atoms with Crippen LogP contribution in [0.25, 0.3) is 0 Å². The molecule has 2 saturated heterocycles. The van der Waals surface area contributed by atoms with E-state index in [0.29, 0.717) is 38.4 Å². The summed E-state index contributed by atoms with van der Waals surface area (Å²) < 4.78 is 27.5. The highest BCUT2D eigenvalue weighted by Crippen LogP contribution is 2.36. The molecular weight excluding hydrogens is 376 g/mol. The number of likely N-dealkylation sites (N-methyl/N-ethyl adjacent to an activating group) is 1. The van der Waals surface area contributed by atoms with Crippen LogP contribution in [0.3, 0.4) is 0 Å². The largest absolute Gasteiger partial charge is 0.333 e. The number of hydrogen-bond donors (Lipinski definition) is 0. The van der Waals surface area contributed by atoms with Crippen LogP contribution in [0, 0.1) is 11.6 Å². The molecule has 0 spiro atoms. The minimum atomic E-state index is -0.808. The van der Waals surface area contributed by atoms with Crippen LogP contribution in [-0.2, 0) is 9.59 Å². The average molecular weight is 397 g/mol. The van der Waals surface area contributed by atoms with E-state index in [0.717, 1.165) is 17.0 Å². The van der Waals surface area contributed by atoms with Crippen LogP contribution in [0.4, 0.5) is 13.6 Å². The number of hydrogen-bond acceptors (Lipinski definition) is 4. The predicted molar refractivity (Wildman–Crippen MR) is 97.1 cm³/mol. The van der Waals surface area contributed by atoms with Crippen LogP contribution >= 0.6 is 11.8 Å². The molecule has 9 heteroatoms. The molecule has 1 atom stereocenters. The predicted octanol–water partition coefficient (Wildman–Crippen LogP) is 2.26. The summed E-state index contributed by atoms with van der Waals surface area (Å²) in [6.07, 6.45) is 0.438. The Balaban J connectivity index is 1.67. The highest BCUT2D eigenvalue weighted by atomic mass is 32.2. The first kappa shape index (κ1) is 19.6. The van der Waals surface area contributed by atoms with Gasteiger partial charge in [-0.15, -0.1) is 0 Å². The van der Waals surface area contributed by atoms with E-state index in [-0.39, 0.29) is 17.4 Å². The van der Waals surface area contributed by atoms with Crippen LogP contribution in [0.5, 0.6) is 0 Å². The first-order valence-electron chi connectivity index (χ1n) is 8.88. The van der Waals surface area contributed by atoms with Crippen molar-refractivity contribution in [2.75, 3.05) is 38.5 Å². The van der Waals surface area contributed by atoms with Crippen molar-refractivity contribution >= 4 is 29.6 Å². The maximum absolute atomic E-state index is 14.0. The van der Waals surface area contributed by atoms with Crippen molar-refractivity contribution in [1.29, 1.82) is 0 Å². The van der Waals surface area contributed by atoms with Crippen LogP contribution < -0.4 is 0 Å². The minimum absolute atomic E-state index is 0.169. The lowest BCUT2D eigenvalue weighted by molar-refractivity contribution is -0.153. The smallest absolute Gasteiger partial charge is 0.327 e. The van der Waals surface area contributed by atoms with Crippen molar-refractivity contribution in [2.24, 2.45) is 0 Å². The van der Waals surface area contributed by atoms with E-state index in [1.807, 2.05) is 0 Å². The average Bonchev–Trinajstić information content (AvgIpc) is 2.91. The van der Waals surface area contributed by atoms with Gasteiger partial charge in [0.05, 0.1) is 0 Å². The number of imide groups is 1. The van der Waals surface area contributed by atoms with Gasteiger partial charge in [0.15, 0.2) is 0 Å². The molecule has 2 heterocycles. The van der Waals surface area contributed by atoms with Gasteiger partial charge in [0, 0.05) is 49.3 Å². The first-order chi connectivity index (χ1) is 12.9. The molecule has 0 radical (unpaired) electrons. The van der Waals surface area contributed by atoms with Gasteiger partial charge in [0.2, 0.25) is 0 Å². The lowest BCUT2D eigenvalue weighted by atomic mass is 10.1. The SMILES string of the molecule is CCN1CCN(C(=O)N2CCS[C@@H](c3cc(F)ccc3F)CC2)C(=O)C1=O. The number of thioether (sulfide) groups is 1. The third-order valence-corrected chi connectivity index (χ3v) is 6.15. The number of carbonyl (C=O) groups is 3. The van der Waals surface area contributed by atoms with Gasteiger partial charge in [-0.1, -0.05) is 0 Å². The Labute approximate surface area is 160 Å². The molecule has 1 aromatic rings. The fourth-order valence-corrected chi connectivity index (χ4v) is 4.54. The number of halogens is 2. The second-order valence-corrected chi connectivity index (χ2v) is 7.74. The number of carbonyl (C=O) groups excluding carboxylic acids is 3. The van der Waals surface area contributed by atoms with Crippen molar-refractivity contribution < 1.29 is 23.2 Å². The Hall–Kier alpha value is -2.16. The van der Waals surface area contributed by atoms with Gasteiger partial charge in [-0.2, -0.15) is 11.8 Å². The monoisotopic (exact) mass is 397 g/mol. The molecule has 0 aliphatic carbocycles. The summed E-state index contributed by atoms with van der Waals surface area (Å²) in [6.45, 7) is 3.39. The molecule has 6 nitrogen and oxygen atoms in total. The summed E-state index contributed by atoms with van der Waals surface area (Å²) in [5.74, 6) is -1.91. The van der Waals surface area contributed by atoms with Gasteiger partial charge in [0.25, 0.3) is 0 Å². The number of urea groups is 1. The zero-order valence-electron chi connectivity index (χ0n) is 15.0. The van der Waals surface area contributed by atoms with E-state index in [9.17, 15) is 23.2 Å². The molecule has 0 saturated carbocycles. The molecule has 1 aromatic carbocycles. The van der Waals surface area contributed by atoms with Crippen LogP contribution in [-0.4, -0.2) is 71.0 Å². The van der Waals surface area contributed by atoms with Crippen molar-refractivity contribution in [2.45, 2.75) is 18.6 Å².